The number of aromatic nitrogens is 2. The second-order valence-electron chi connectivity index (χ2n) is 4.78. The van der Waals surface area contributed by atoms with Gasteiger partial charge in [0.2, 0.25) is 0 Å². The van der Waals surface area contributed by atoms with Gasteiger partial charge in [-0.2, -0.15) is 5.10 Å². The zero-order valence-electron chi connectivity index (χ0n) is 12.6. The summed E-state index contributed by atoms with van der Waals surface area (Å²) < 4.78 is 1.37. The molecular weight excluding hydrogens is 318 g/mol. The molecule has 7 nitrogen and oxygen atoms in total. The number of benzene rings is 1. The van der Waals surface area contributed by atoms with Crippen LogP contribution in [-0.4, -0.2) is 34.7 Å². The van der Waals surface area contributed by atoms with Crippen LogP contribution in [0.4, 0.5) is 0 Å². The van der Waals surface area contributed by atoms with Gasteiger partial charge in [0.25, 0.3) is 11.8 Å². The number of amides is 2. The molecule has 124 valence electrons. The predicted molar refractivity (Wildman–Crippen MR) is 90.0 cm³/mol. The third-order valence-electron chi connectivity index (χ3n) is 3.11. The number of halogens is 1. The molecule has 0 fully saturated rings. The number of carbonyl (C=O) groups excluding carboxylic acids is 2. The minimum atomic E-state index is -0.640. The van der Waals surface area contributed by atoms with Crippen molar-refractivity contribution >= 4 is 24.2 Å². The second kappa shape index (κ2) is 8.92. The van der Waals surface area contributed by atoms with E-state index in [1.807, 2.05) is 18.2 Å². The van der Waals surface area contributed by atoms with Crippen LogP contribution in [-0.2, 0) is 0 Å². The maximum Gasteiger partial charge on any atom is 0.271 e. The molecule has 0 saturated heterocycles. The lowest BCUT2D eigenvalue weighted by atomic mass is 10.3. The normalized spacial score (nSPS) is 9.96. The molecule has 5 N–H and O–H groups in total. The van der Waals surface area contributed by atoms with Gasteiger partial charge in [0.05, 0.1) is 5.69 Å². The molecule has 1 aromatic heterocycles. The Morgan fingerprint density at radius 1 is 1.17 bits per heavy atom. The van der Waals surface area contributed by atoms with Crippen molar-refractivity contribution in [3.63, 3.8) is 0 Å². The molecule has 8 heteroatoms. The van der Waals surface area contributed by atoms with E-state index in [1.54, 1.807) is 12.1 Å². The van der Waals surface area contributed by atoms with E-state index in [4.69, 9.17) is 11.5 Å². The standard InChI is InChI=1S/C15H19N5O2.ClH/c16-8-4-5-9-18-15(22)12-10-13(14(17)21)20(19-12)11-6-2-1-3-7-11;/h1-3,6-7,10H,4-5,8-9,16H2,(H2,17,21)(H,18,22);1H. The Balaban J connectivity index is 0.00000264. The van der Waals surface area contributed by atoms with Crippen LogP contribution >= 0.6 is 12.4 Å². The van der Waals surface area contributed by atoms with Crippen molar-refractivity contribution < 1.29 is 9.59 Å². The zero-order chi connectivity index (χ0) is 15.9. The van der Waals surface area contributed by atoms with E-state index >= 15 is 0 Å². The summed E-state index contributed by atoms with van der Waals surface area (Å²) in [7, 11) is 0. The van der Waals surface area contributed by atoms with Crippen molar-refractivity contribution in [2.75, 3.05) is 13.1 Å². The molecule has 1 heterocycles. The van der Waals surface area contributed by atoms with E-state index in [-0.39, 0.29) is 29.7 Å². The molecule has 1 aromatic carbocycles. The number of hydrogen-bond donors (Lipinski definition) is 3. The van der Waals surface area contributed by atoms with Crippen LogP contribution in [0.5, 0.6) is 0 Å². The van der Waals surface area contributed by atoms with E-state index in [0.717, 1.165) is 12.8 Å². The van der Waals surface area contributed by atoms with Gasteiger partial charge in [0.15, 0.2) is 5.69 Å². The van der Waals surface area contributed by atoms with Gasteiger partial charge < -0.3 is 16.8 Å². The molecule has 2 rings (SSSR count). The minimum Gasteiger partial charge on any atom is -0.364 e. The number of nitrogens with one attached hydrogen (secondary N) is 1. The molecule has 0 unspecified atom stereocenters. The monoisotopic (exact) mass is 337 g/mol. The summed E-state index contributed by atoms with van der Waals surface area (Å²) >= 11 is 0. The summed E-state index contributed by atoms with van der Waals surface area (Å²) in [6.45, 7) is 1.10. The van der Waals surface area contributed by atoms with Crippen molar-refractivity contribution in [1.82, 2.24) is 15.1 Å². The highest BCUT2D eigenvalue weighted by atomic mass is 35.5. The van der Waals surface area contributed by atoms with Crippen molar-refractivity contribution in [2.45, 2.75) is 12.8 Å². The van der Waals surface area contributed by atoms with E-state index in [2.05, 4.69) is 10.4 Å². The maximum atomic E-state index is 12.1. The molecule has 2 aromatic rings. The maximum absolute atomic E-state index is 12.1. The SMILES string of the molecule is Cl.NCCCCNC(=O)c1cc(C(N)=O)n(-c2ccccc2)n1. The van der Waals surface area contributed by atoms with E-state index in [9.17, 15) is 9.59 Å². The fourth-order valence-electron chi connectivity index (χ4n) is 2.00. The van der Waals surface area contributed by atoms with E-state index in [0.29, 0.717) is 18.8 Å². The first kappa shape index (κ1) is 18.7. The van der Waals surface area contributed by atoms with Crippen molar-refractivity contribution in [3.8, 4) is 5.69 Å². The lowest BCUT2D eigenvalue weighted by molar-refractivity contribution is 0.0946. The molecule has 23 heavy (non-hydrogen) atoms. The van der Waals surface area contributed by atoms with E-state index < -0.39 is 5.91 Å². The number of nitrogens with two attached hydrogens (primary N) is 2. The summed E-state index contributed by atoms with van der Waals surface area (Å²) in [5, 5.41) is 6.92. The second-order valence-corrected chi connectivity index (χ2v) is 4.78. The molecule has 0 bridgehead atoms. The van der Waals surface area contributed by atoms with Gasteiger partial charge in [0, 0.05) is 12.6 Å². The highest BCUT2D eigenvalue weighted by molar-refractivity contribution is 5.97. The molecule has 0 atom stereocenters. The van der Waals surface area contributed by atoms with Crippen LogP contribution in [0.25, 0.3) is 5.69 Å². The number of rotatable bonds is 7. The zero-order valence-corrected chi connectivity index (χ0v) is 13.4. The Hall–Kier alpha value is -2.38. The number of primary amides is 1. The topological polar surface area (TPSA) is 116 Å². The van der Waals surface area contributed by atoms with Crippen LogP contribution in [0.2, 0.25) is 0 Å². The van der Waals surface area contributed by atoms with Gasteiger partial charge in [-0.05, 0) is 31.5 Å². The summed E-state index contributed by atoms with van der Waals surface area (Å²) in [6, 6.07) is 10.4. The molecule has 0 aliphatic rings. The van der Waals surface area contributed by atoms with Gasteiger partial charge in [-0.15, -0.1) is 12.4 Å². The van der Waals surface area contributed by atoms with Crippen molar-refractivity contribution in [3.05, 3.63) is 47.8 Å². The average molecular weight is 338 g/mol. The summed E-state index contributed by atoms with van der Waals surface area (Å²) in [6.07, 6.45) is 1.63. The van der Waals surface area contributed by atoms with Crippen LogP contribution in [0.15, 0.2) is 36.4 Å². The van der Waals surface area contributed by atoms with Crippen LogP contribution in [0.3, 0.4) is 0 Å². The molecular formula is C15H20ClN5O2. The van der Waals surface area contributed by atoms with Crippen LogP contribution in [0, 0.1) is 0 Å². The van der Waals surface area contributed by atoms with Crippen molar-refractivity contribution in [1.29, 1.82) is 0 Å². The largest absolute Gasteiger partial charge is 0.364 e. The smallest absolute Gasteiger partial charge is 0.271 e. The van der Waals surface area contributed by atoms with Gasteiger partial charge in [-0.1, -0.05) is 18.2 Å². The third-order valence-corrected chi connectivity index (χ3v) is 3.11. The predicted octanol–water partition coefficient (Wildman–Crippen LogP) is 0.862. The first-order chi connectivity index (χ1) is 10.6. The fourth-order valence-corrected chi connectivity index (χ4v) is 2.00. The number of para-hydroxylation sites is 1. The summed E-state index contributed by atoms with van der Waals surface area (Å²) in [5.74, 6) is -0.979. The number of nitrogens with zero attached hydrogens (tertiary/aromatic N) is 2. The molecule has 0 spiro atoms. The van der Waals surface area contributed by atoms with Gasteiger partial charge in [0.1, 0.15) is 5.69 Å². The van der Waals surface area contributed by atoms with Crippen molar-refractivity contribution in [2.24, 2.45) is 11.5 Å². The molecule has 2 amide bonds. The average Bonchev–Trinajstić information content (AvgIpc) is 2.98. The lowest BCUT2D eigenvalue weighted by Crippen LogP contribution is -2.25. The molecule has 0 saturated carbocycles. The van der Waals surface area contributed by atoms with Crippen LogP contribution in [0.1, 0.15) is 33.8 Å². The Bertz CT molecular complexity index is 657. The Morgan fingerprint density at radius 2 is 1.87 bits per heavy atom. The summed E-state index contributed by atoms with van der Waals surface area (Å²) in [5.41, 5.74) is 11.7. The Kier molecular flexibility index (Phi) is 7.24. The Labute approximate surface area is 140 Å². The minimum absolute atomic E-state index is 0. The van der Waals surface area contributed by atoms with Crippen LogP contribution < -0.4 is 16.8 Å². The molecule has 0 aliphatic carbocycles. The summed E-state index contributed by atoms with van der Waals surface area (Å²) in [4.78, 5) is 23.6. The third kappa shape index (κ3) is 4.80. The fraction of sp³-hybridized carbons (Fsp3) is 0.267. The Morgan fingerprint density at radius 3 is 2.48 bits per heavy atom. The van der Waals surface area contributed by atoms with Gasteiger partial charge >= 0.3 is 0 Å². The number of unbranched alkanes of at least 4 members (excludes halogenated alkanes) is 1. The first-order valence-electron chi connectivity index (χ1n) is 7.07. The number of carbonyl (C=O) groups is 2. The molecule has 0 radical (unpaired) electrons. The first-order valence-corrected chi connectivity index (χ1v) is 7.07. The highest BCUT2D eigenvalue weighted by Gasteiger charge is 2.18. The molecule has 0 aliphatic heterocycles. The highest BCUT2D eigenvalue weighted by Crippen LogP contribution is 2.12. The lowest BCUT2D eigenvalue weighted by Gasteiger charge is -2.04. The van der Waals surface area contributed by atoms with Gasteiger partial charge in [-0.3, -0.25) is 9.59 Å². The quantitative estimate of drug-likeness (QED) is 0.650. The van der Waals surface area contributed by atoms with Gasteiger partial charge in [-0.25, -0.2) is 4.68 Å². The number of hydrogen-bond acceptors (Lipinski definition) is 4. The van der Waals surface area contributed by atoms with E-state index in [1.165, 1.54) is 10.7 Å².